The smallest absolute Gasteiger partial charge is 0.220 e. The van der Waals surface area contributed by atoms with Crippen LogP contribution < -0.4 is 5.32 Å². The summed E-state index contributed by atoms with van der Waals surface area (Å²) in [6, 6.07) is 6.03. The fraction of sp³-hybridized carbons (Fsp3) is 0.474. The van der Waals surface area contributed by atoms with Crippen molar-refractivity contribution in [2.75, 3.05) is 39.4 Å². The highest BCUT2D eigenvalue weighted by molar-refractivity contribution is 5.76. The van der Waals surface area contributed by atoms with Gasteiger partial charge in [0.15, 0.2) is 11.7 Å². The van der Waals surface area contributed by atoms with E-state index in [1.807, 2.05) is 0 Å². The Balaban J connectivity index is 1.34. The number of aryl methyl sites for hydroxylation is 1. The van der Waals surface area contributed by atoms with Gasteiger partial charge in [0.25, 0.3) is 0 Å². The van der Waals surface area contributed by atoms with Gasteiger partial charge in [0.05, 0.1) is 19.4 Å². The zero-order chi connectivity index (χ0) is 18.2. The quantitative estimate of drug-likeness (QED) is 0.731. The van der Waals surface area contributed by atoms with Crippen LogP contribution in [0.4, 0.5) is 4.39 Å². The summed E-state index contributed by atoms with van der Waals surface area (Å²) in [7, 11) is 0. The van der Waals surface area contributed by atoms with Crippen LogP contribution in [-0.2, 0) is 16.0 Å². The molecule has 0 radical (unpaired) electrons. The number of nitrogens with zero attached hydrogens (tertiary/aromatic N) is 2. The van der Waals surface area contributed by atoms with Gasteiger partial charge in [-0.05, 0) is 37.2 Å². The SMILES string of the molecule is O=C(CCc1ncc(-c2ccc(F)cc2)o1)NCCCN1CCOCC1. The van der Waals surface area contributed by atoms with Gasteiger partial charge in [0.2, 0.25) is 5.91 Å². The van der Waals surface area contributed by atoms with Crippen molar-refractivity contribution in [1.82, 2.24) is 15.2 Å². The molecule has 0 atom stereocenters. The maximum Gasteiger partial charge on any atom is 0.220 e. The van der Waals surface area contributed by atoms with Crippen LogP contribution in [0.25, 0.3) is 11.3 Å². The summed E-state index contributed by atoms with van der Waals surface area (Å²) >= 11 is 0. The third kappa shape index (κ3) is 5.64. The Morgan fingerprint density at radius 1 is 1.23 bits per heavy atom. The van der Waals surface area contributed by atoms with Crippen LogP contribution in [0.5, 0.6) is 0 Å². The van der Waals surface area contributed by atoms with Gasteiger partial charge in [-0.2, -0.15) is 0 Å². The van der Waals surface area contributed by atoms with Crippen molar-refractivity contribution in [1.29, 1.82) is 0 Å². The van der Waals surface area contributed by atoms with E-state index in [9.17, 15) is 9.18 Å². The predicted octanol–water partition coefficient (Wildman–Crippen LogP) is 2.25. The molecule has 1 aliphatic rings. The molecule has 26 heavy (non-hydrogen) atoms. The van der Waals surface area contributed by atoms with Crippen LogP contribution >= 0.6 is 0 Å². The molecule has 0 saturated carbocycles. The van der Waals surface area contributed by atoms with Crippen LogP contribution in [0, 0.1) is 5.82 Å². The van der Waals surface area contributed by atoms with Gasteiger partial charge in [-0.25, -0.2) is 9.37 Å². The van der Waals surface area contributed by atoms with E-state index in [1.54, 1.807) is 18.3 Å². The van der Waals surface area contributed by atoms with E-state index < -0.39 is 0 Å². The number of rotatable bonds is 8. The van der Waals surface area contributed by atoms with Gasteiger partial charge in [0, 0.05) is 38.0 Å². The van der Waals surface area contributed by atoms with Crippen LogP contribution in [0.1, 0.15) is 18.7 Å². The monoisotopic (exact) mass is 361 g/mol. The van der Waals surface area contributed by atoms with E-state index >= 15 is 0 Å². The zero-order valence-corrected chi connectivity index (χ0v) is 14.7. The molecule has 1 N–H and O–H groups in total. The Kier molecular flexibility index (Phi) is 6.74. The molecule has 140 valence electrons. The predicted molar refractivity (Wildman–Crippen MR) is 95.1 cm³/mol. The second-order valence-electron chi connectivity index (χ2n) is 6.28. The second kappa shape index (κ2) is 9.45. The lowest BCUT2D eigenvalue weighted by atomic mass is 10.2. The molecular formula is C19H24FN3O3. The minimum Gasteiger partial charge on any atom is -0.441 e. The zero-order valence-electron chi connectivity index (χ0n) is 14.7. The molecule has 3 rings (SSSR count). The Morgan fingerprint density at radius 2 is 2.00 bits per heavy atom. The Labute approximate surface area is 152 Å². The second-order valence-corrected chi connectivity index (χ2v) is 6.28. The van der Waals surface area contributed by atoms with E-state index in [0.29, 0.717) is 31.0 Å². The lowest BCUT2D eigenvalue weighted by Crippen LogP contribution is -2.38. The van der Waals surface area contributed by atoms with Crippen LogP contribution in [-0.4, -0.2) is 55.2 Å². The number of hydrogen-bond acceptors (Lipinski definition) is 5. The molecule has 1 fully saturated rings. The number of aromatic nitrogens is 1. The van der Waals surface area contributed by atoms with Crippen LogP contribution in [0.15, 0.2) is 34.9 Å². The molecule has 0 aliphatic carbocycles. The van der Waals surface area contributed by atoms with Crippen LogP contribution in [0.2, 0.25) is 0 Å². The number of ether oxygens (including phenoxy) is 1. The topological polar surface area (TPSA) is 67.6 Å². The summed E-state index contributed by atoms with van der Waals surface area (Å²) in [5.74, 6) is 0.783. The molecule has 1 saturated heterocycles. The van der Waals surface area contributed by atoms with Crippen molar-refractivity contribution in [3.8, 4) is 11.3 Å². The molecule has 0 spiro atoms. The molecule has 2 heterocycles. The molecule has 0 unspecified atom stereocenters. The first kappa shape index (κ1) is 18.5. The highest BCUT2D eigenvalue weighted by atomic mass is 19.1. The Morgan fingerprint density at radius 3 is 2.77 bits per heavy atom. The summed E-state index contributed by atoms with van der Waals surface area (Å²) in [4.78, 5) is 18.5. The summed E-state index contributed by atoms with van der Waals surface area (Å²) in [5.41, 5.74) is 0.762. The Bertz CT molecular complexity index is 696. The fourth-order valence-corrected chi connectivity index (χ4v) is 2.84. The number of carbonyl (C=O) groups excluding carboxylic acids is 1. The minimum absolute atomic E-state index is 0.00601. The average Bonchev–Trinajstić information content (AvgIpc) is 3.14. The largest absolute Gasteiger partial charge is 0.441 e. The summed E-state index contributed by atoms with van der Waals surface area (Å²) in [6.45, 7) is 5.17. The molecule has 1 amide bonds. The summed E-state index contributed by atoms with van der Waals surface area (Å²) in [5, 5.41) is 2.93. The van der Waals surface area contributed by atoms with Crippen molar-refractivity contribution in [2.45, 2.75) is 19.3 Å². The van der Waals surface area contributed by atoms with E-state index in [2.05, 4.69) is 15.2 Å². The molecule has 1 aliphatic heterocycles. The number of halogens is 1. The van der Waals surface area contributed by atoms with Gasteiger partial charge >= 0.3 is 0 Å². The molecule has 1 aromatic heterocycles. The first-order valence-electron chi connectivity index (χ1n) is 8.98. The molecule has 7 heteroatoms. The van der Waals surface area contributed by atoms with E-state index in [-0.39, 0.29) is 11.7 Å². The van der Waals surface area contributed by atoms with Gasteiger partial charge in [-0.1, -0.05) is 0 Å². The highest BCUT2D eigenvalue weighted by Crippen LogP contribution is 2.21. The maximum atomic E-state index is 13.0. The fourth-order valence-electron chi connectivity index (χ4n) is 2.84. The standard InChI is InChI=1S/C19H24FN3O3/c20-16-4-2-15(3-5-16)17-14-22-19(26-17)7-6-18(24)21-8-1-9-23-10-12-25-13-11-23/h2-5,14H,1,6-13H2,(H,21,24). The minimum atomic E-state index is -0.293. The highest BCUT2D eigenvalue weighted by Gasteiger charge is 2.11. The molecule has 0 bridgehead atoms. The van der Waals surface area contributed by atoms with Crippen molar-refractivity contribution < 1.29 is 18.3 Å². The number of amides is 1. The number of carbonyl (C=O) groups is 1. The van der Waals surface area contributed by atoms with Crippen molar-refractivity contribution in [3.63, 3.8) is 0 Å². The van der Waals surface area contributed by atoms with E-state index in [4.69, 9.17) is 9.15 Å². The number of hydrogen-bond donors (Lipinski definition) is 1. The van der Waals surface area contributed by atoms with Gasteiger partial charge in [-0.3, -0.25) is 9.69 Å². The number of benzene rings is 1. The first-order chi connectivity index (χ1) is 12.7. The molecule has 1 aromatic carbocycles. The third-order valence-electron chi connectivity index (χ3n) is 4.33. The lowest BCUT2D eigenvalue weighted by Gasteiger charge is -2.26. The van der Waals surface area contributed by atoms with Gasteiger partial charge in [-0.15, -0.1) is 0 Å². The maximum absolute atomic E-state index is 13.0. The lowest BCUT2D eigenvalue weighted by molar-refractivity contribution is -0.121. The van der Waals surface area contributed by atoms with Gasteiger partial charge in [0.1, 0.15) is 5.82 Å². The van der Waals surface area contributed by atoms with Gasteiger partial charge < -0.3 is 14.5 Å². The normalized spacial score (nSPS) is 15.1. The molecular weight excluding hydrogens is 337 g/mol. The first-order valence-corrected chi connectivity index (χ1v) is 8.98. The van der Waals surface area contributed by atoms with Crippen LogP contribution in [0.3, 0.4) is 0 Å². The average molecular weight is 361 g/mol. The number of nitrogens with one attached hydrogen (secondary N) is 1. The number of morpholine rings is 1. The van der Waals surface area contributed by atoms with E-state index in [0.717, 1.165) is 44.8 Å². The summed E-state index contributed by atoms with van der Waals surface area (Å²) in [6.07, 6.45) is 3.31. The van der Waals surface area contributed by atoms with Crippen molar-refractivity contribution in [2.24, 2.45) is 0 Å². The van der Waals surface area contributed by atoms with Crippen molar-refractivity contribution >= 4 is 5.91 Å². The third-order valence-corrected chi connectivity index (χ3v) is 4.33. The number of oxazole rings is 1. The molecule has 6 nitrogen and oxygen atoms in total. The Hall–Kier alpha value is -2.25. The summed E-state index contributed by atoms with van der Waals surface area (Å²) < 4.78 is 23.9. The molecule has 2 aromatic rings. The van der Waals surface area contributed by atoms with E-state index in [1.165, 1.54) is 12.1 Å². The van der Waals surface area contributed by atoms with Crippen molar-refractivity contribution in [3.05, 3.63) is 42.2 Å².